The number of benzene rings is 2. The molecule has 0 amide bonds. The summed E-state index contributed by atoms with van der Waals surface area (Å²) in [6.45, 7) is 0. The second-order valence-corrected chi connectivity index (χ2v) is 6.41. The number of fused-ring (bicyclic) bond motifs is 2. The Hall–Kier alpha value is -3.87. The van der Waals surface area contributed by atoms with Gasteiger partial charge in [0.05, 0.1) is 17.6 Å². The van der Waals surface area contributed by atoms with Crippen LogP contribution in [0.15, 0.2) is 65.7 Å². The van der Waals surface area contributed by atoms with Crippen molar-refractivity contribution in [3.8, 4) is 22.7 Å². The van der Waals surface area contributed by atoms with Crippen LogP contribution >= 0.6 is 0 Å². The molecule has 0 radical (unpaired) electrons. The normalized spacial score (nSPS) is 11.4. The highest BCUT2D eigenvalue weighted by atomic mass is 16.3. The Balaban J connectivity index is 1.73. The molecule has 2 aromatic carbocycles. The van der Waals surface area contributed by atoms with Crippen molar-refractivity contribution in [2.45, 2.75) is 0 Å². The molecule has 0 spiro atoms. The van der Waals surface area contributed by atoms with Gasteiger partial charge in [-0.05, 0) is 48.5 Å². The lowest BCUT2D eigenvalue weighted by atomic mass is 10.1. The summed E-state index contributed by atoms with van der Waals surface area (Å²) in [5.41, 5.74) is 3.83. The van der Waals surface area contributed by atoms with Crippen molar-refractivity contribution in [1.82, 2.24) is 24.1 Å². The zero-order valence-corrected chi connectivity index (χ0v) is 14.4. The van der Waals surface area contributed by atoms with Gasteiger partial charge in [0.1, 0.15) is 5.75 Å². The molecule has 5 aromatic rings. The molecule has 0 saturated carbocycles. The number of aryl methyl sites for hydroxylation is 1. The van der Waals surface area contributed by atoms with Crippen molar-refractivity contribution in [1.29, 1.82) is 0 Å². The van der Waals surface area contributed by atoms with Crippen molar-refractivity contribution in [3.05, 3.63) is 71.4 Å². The second kappa shape index (κ2) is 5.57. The largest absolute Gasteiger partial charge is 0.508 e. The number of hydrogen-bond acceptors (Lipinski definition) is 4. The van der Waals surface area contributed by atoms with E-state index in [4.69, 9.17) is 0 Å². The van der Waals surface area contributed by atoms with E-state index >= 15 is 0 Å². The first-order chi connectivity index (χ1) is 13.1. The number of phenolic OH excluding ortho intramolecular Hbond substituents is 1. The van der Waals surface area contributed by atoms with Crippen LogP contribution in [0.1, 0.15) is 0 Å². The summed E-state index contributed by atoms with van der Waals surface area (Å²) in [5.74, 6) is 0.183. The van der Waals surface area contributed by atoms with E-state index in [1.807, 2.05) is 42.1 Å². The van der Waals surface area contributed by atoms with Crippen molar-refractivity contribution in [2.24, 2.45) is 7.05 Å². The minimum absolute atomic E-state index is 0.183. The Morgan fingerprint density at radius 2 is 1.89 bits per heavy atom. The minimum Gasteiger partial charge on any atom is -0.508 e. The molecule has 0 unspecified atom stereocenters. The van der Waals surface area contributed by atoms with E-state index in [0.29, 0.717) is 17.0 Å². The van der Waals surface area contributed by atoms with Crippen LogP contribution in [0.3, 0.4) is 0 Å². The predicted molar refractivity (Wildman–Crippen MR) is 103 cm³/mol. The third-order valence-electron chi connectivity index (χ3n) is 4.68. The van der Waals surface area contributed by atoms with Gasteiger partial charge in [-0.2, -0.15) is 0 Å². The highest BCUT2D eigenvalue weighted by Gasteiger charge is 2.14. The van der Waals surface area contributed by atoms with Gasteiger partial charge in [-0.3, -0.25) is 4.98 Å². The van der Waals surface area contributed by atoms with Crippen LogP contribution in [0.4, 0.5) is 0 Å². The maximum atomic E-state index is 12.6. The number of hydrogen-bond donors (Lipinski definition) is 2. The molecule has 132 valence electrons. The smallest absolute Gasteiger partial charge is 0.333 e. The quantitative estimate of drug-likeness (QED) is 0.508. The molecule has 3 aromatic heterocycles. The fourth-order valence-electron chi connectivity index (χ4n) is 3.30. The molecule has 0 bridgehead atoms. The van der Waals surface area contributed by atoms with Crippen LogP contribution in [0.5, 0.6) is 5.75 Å². The number of nitrogens with zero attached hydrogens (tertiary/aromatic N) is 4. The fourth-order valence-corrected chi connectivity index (χ4v) is 3.30. The van der Waals surface area contributed by atoms with Gasteiger partial charge < -0.3 is 9.67 Å². The monoisotopic (exact) mass is 357 g/mol. The number of aromatic amines is 1. The van der Waals surface area contributed by atoms with Gasteiger partial charge in [0.25, 0.3) is 0 Å². The first-order valence-corrected chi connectivity index (χ1v) is 8.43. The number of H-pyrrole nitrogens is 1. The average Bonchev–Trinajstić information content (AvgIpc) is 3.20. The van der Waals surface area contributed by atoms with Crippen LogP contribution < -0.4 is 5.69 Å². The van der Waals surface area contributed by atoms with E-state index in [2.05, 4.69) is 15.0 Å². The molecular weight excluding hydrogens is 342 g/mol. The zero-order chi connectivity index (χ0) is 18.5. The number of aromatic nitrogens is 5. The lowest BCUT2D eigenvalue weighted by Crippen LogP contribution is -2.14. The molecule has 3 heterocycles. The number of nitrogens with one attached hydrogen (secondary N) is 1. The first-order valence-electron chi connectivity index (χ1n) is 8.43. The van der Waals surface area contributed by atoms with Crippen molar-refractivity contribution in [2.75, 3.05) is 0 Å². The average molecular weight is 357 g/mol. The van der Waals surface area contributed by atoms with Gasteiger partial charge in [0, 0.05) is 29.7 Å². The lowest BCUT2D eigenvalue weighted by Gasteiger charge is -2.05. The van der Waals surface area contributed by atoms with Gasteiger partial charge in [-0.25, -0.2) is 19.3 Å². The second-order valence-electron chi connectivity index (χ2n) is 6.41. The number of phenols is 1. The standard InChI is InChI=1S/C20H15N5O2/c1-24-9-8-13-10-14(4-7-17(13)24)25-19-18(23-20(25)27)21-11-16(22-19)12-2-5-15(26)6-3-12/h2-11,26H,1H3,(H,21,23,27). The summed E-state index contributed by atoms with van der Waals surface area (Å²) < 4.78 is 3.55. The van der Waals surface area contributed by atoms with E-state index in [1.165, 1.54) is 4.57 Å². The minimum atomic E-state index is -0.289. The van der Waals surface area contributed by atoms with E-state index in [0.717, 1.165) is 22.2 Å². The van der Waals surface area contributed by atoms with Crippen LogP contribution in [0.25, 0.3) is 39.1 Å². The van der Waals surface area contributed by atoms with Crippen molar-refractivity contribution in [3.63, 3.8) is 0 Å². The number of aromatic hydroxyl groups is 1. The lowest BCUT2D eigenvalue weighted by molar-refractivity contribution is 0.475. The SMILES string of the molecule is Cn1ccc2cc(-n3c(=O)[nH]c4ncc(-c5ccc(O)cc5)nc43)ccc21. The Labute approximate surface area is 153 Å². The number of imidazole rings is 1. The topological polar surface area (TPSA) is 88.7 Å². The van der Waals surface area contributed by atoms with Crippen LogP contribution in [-0.2, 0) is 7.05 Å². The summed E-state index contributed by atoms with van der Waals surface area (Å²) in [5, 5.41) is 10.5. The van der Waals surface area contributed by atoms with Gasteiger partial charge in [0.2, 0.25) is 0 Å². The third-order valence-corrected chi connectivity index (χ3v) is 4.68. The van der Waals surface area contributed by atoms with Gasteiger partial charge in [0.15, 0.2) is 11.3 Å². The van der Waals surface area contributed by atoms with Crippen LogP contribution in [0.2, 0.25) is 0 Å². The Morgan fingerprint density at radius 1 is 1.07 bits per heavy atom. The van der Waals surface area contributed by atoms with Gasteiger partial charge >= 0.3 is 5.69 Å². The maximum Gasteiger partial charge on any atom is 0.333 e. The molecule has 7 heteroatoms. The van der Waals surface area contributed by atoms with E-state index in [9.17, 15) is 9.90 Å². The maximum absolute atomic E-state index is 12.6. The molecule has 27 heavy (non-hydrogen) atoms. The summed E-state index contributed by atoms with van der Waals surface area (Å²) >= 11 is 0. The van der Waals surface area contributed by atoms with Gasteiger partial charge in [-0.1, -0.05) is 0 Å². The highest BCUT2D eigenvalue weighted by Crippen LogP contribution is 2.23. The van der Waals surface area contributed by atoms with Crippen molar-refractivity contribution < 1.29 is 5.11 Å². The van der Waals surface area contributed by atoms with E-state index in [-0.39, 0.29) is 11.4 Å². The summed E-state index contributed by atoms with van der Waals surface area (Å²) in [7, 11) is 1.98. The fraction of sp³-hybridized carbons (Fsp3) is 0.0500. The molecule has 0 aliphatic carbocycles. The summed E-state index contributed by atoms with van der Waals surface area (Å²) in [4.78, 5) is 24.3. The first kappa shape index (κ1) is 15.4. The molecule has 0 fully saturated rings. The number of rotatable bonds is 2. The third kappa shape index (κ3) is 2.40. The van der Waals surface area contributed by atoms with E-state index < -0.39 is 0 Å². The van der Waals surface area contributed by atoms with Crippen molar-refractivity contribution >= 4 is 22.2 Å². The molecule has 7 nitrogen and oxygen atoms in total. The Morgan fingerprint density at radius 3 is 2.70 bits per heavy atom. The predicted octanol–water partition coefficient (Wildman–Crippen LogP) is 2.97. The zero-order valence-electron chi connectivity index (χ0n) is 14.4. The van der Waals surface area contributed by atoms with Crippen LogP contribution in [0, 0.1) is 0 Å². The molecule has 2 N–H and O–H groups in total. The molecular formula is C20H15N5O2. The summed E-state index contributed by atoms with van der Waals surface area (Å²) in [6.07, 6.45) is 3.59. The molecule has 0 saturated heterocycles. The van der Waals surface area contributed by atoms with E-state index in [1.54, 1.807) is 30.5 Å². The molecule has 5 rings (SSSR count). The summed E-state index contributed by atoms with van der Waals surface area (Å²) in [6, 6.07) is 14.5. The molecule has 0 aliphatic rings. The highest BCUT2D eigenvalue weighted by molar-refractivity contribution is 5.83. The molecule has 0 aliphatic heterocycles. The molecule has 0 atom stereocenters. The Bertz CT molecular complexity index is 1360. The Kier molecular flexibility index (Phi) is 3.17. The van der Waals surface area contributed by atoms with Gasteiger partial charge in [-0.15, -0.1) is 0 Å². The van der Waals surface area contributed by atoms with Crippen LogP contribution in [-0.4, -0.2) is 29.2 Å².